The number of piperidine rings is 1. The van der Waals surface area contributed by atoms with Crippen molar-refractivity contribution in [2.45, 2.75) is 46.0 Å². The fourth-order valence-corrected chi connectivity index (χ4v) is 4.02. The van der Waals surface area contributed by atoms with E-state index in [0.717, 1.165) is 24.1 Å². The van der Waals surface area contributed by atoms with Crippen molar-refractivity contribution < 1.29 is 14.7 Å². The van der Waals surface area contributed by atoms with E-state index < -0.39 is 11.4 Å². The highest BCUT2D eigenvalue weighted by molar-refractivity contribution is 7.14. The fraction of sp³-hybridized carbons (Fsp3) is 0.625. The molecule has 1 saturated heterocycles. The van der Waals surface area contributed by atoms with Gasteiger partial charge in [0.1, 0.15) is 0 Å². The molecule has 1 aromatic rings. The summed E-state index contributed by atoms with van der Waals surface area (Å²) in [5.41, 5.74) is -0.756. The average Bonchev–Trinajstić information content (AvgIpc) is 2.96. The van der Waals surface area contributed by atoms with Gasteiger partial charge in [-0.15, -0.1) is 11.3 Å². The second-order valence-corrected chi connectivity index (χ2v) is 6.95. The van der Waals surface area contributed by atoms with E-state index in [1.54, 1.807) is 4.90 Å². The van der Waals surface area contributed by atoms with Gasteiger partial charge in [0.25, 0.3) is 5.91 Å². The van der Waals surface area contributed by atoms with Crippen LogP contribution in [0.1, 0.15) is 54.1 Å². The number of carboxylic acids is 1. The lowest BCUT2D eigenvalue weighted by atomic mass is 9.76. The Morgan fingerprint density at radius 1 is 1.38 bits per heavy atom. The quantitative estimate of drug-likeness (QED) is 0.906. The summed E-state index contributed by atoms with van der Waals surface area (Å²) >= 11 is 1.52. The van der Waals surface area contributed by atoms with Gasteiger partial charge in [-0.05, 0) is 37.8 Å². The Labute approximate surface area is 129 Å². The van der Waals surface area contributed by atoms with Crippen LogP contribution in [0.15, 0.2) is 12.1 Å². The van der Waals surface area contributed by atoms with Crippen molar-refractivity contribution in [2.75, 3.05) is 13.1 Å². The summed E-state index contributed by atoms with van der Waals surface area (Å²) in [7, 11) is 0. The maximum Gasteiger partial charge on any atom is 0.311 e. The van der Waals surface area contributed by atoms with E-state index in [0.29, 0.717) is 25.9 Å². The lowest BCUT2D eigenvalue weighted by Crippen LogP contribution is -2.49. The van der Waals surface area contributed by atoms with Crippen molar-refractivity contribution in [2.24, 2.45) is 5.41 Å². The molecule has 2 rings (SSSR count). The standard InChI is InChI=1S/C16H23NO3S/c1-3-8-16(15(19)20)9-5-10-17(11-16)14(18)13-7-6-12(4-2)21-13/h6-7H,3-5,8-11H2,1-2H3,(H,19,20). The molecule has 5 heteroatoms. The fourth-order valence-electron chi connectivity index (χ4n) is 3.11. The first-order chi connectivity index (χ1) is 10.0. The zero-order valence-electron chi connectivity index (χ0n) is 12.7. The Bertz CT molecular complexity index is 521. The molecule has 0 aromatic carbocycles. The van der Waals surface area contributed by atoms with Gasteiger partial charge in [-0.1, -0.05) is 20.3 Å². The van der Waals surface area contributed by atoms with Crippen molar-refractivity contribution in [1.29, 1.82) is 0 Å². The Hall–Kier alpha value is -1.36. The first kappa shape index (κ1) is 16.0. The number of thiophene rings is 1. The summed E-state index contributed by atoms with van der Waals surface area (Å²) in [6.45, 7) is 5.07. The summed E-state index contributed by atoms with van der Waals surface area (Å²) in [4.78, 5) is 27.9. The Kier molecular flexibility index (Phi) is 5.04. The number of carbonyl (C=O) groups is 2. The largest absolute Gasteiger partial charge is 0.481 e. The van der Waals surface area contributed by atoms with Gasteiger partial charge in [0, 0.05) is 18.0 Å². The minimum absolute atomic E-state index is 0.0128. The predicted molar refractivity (Wildman–Crippen MR) is 83.8 cm³/mol. The van der Waals surface area contributed by atoms with Gasteiger partial charge >= 0.3 is 5.97 Å². The molecule has 1 fully saturated rings. The van der Waals surface area contributed by atoms with E-state index in [2.05, 4.69) is 6.92 Å². The van der Waals surface area contributed by atoms with Crippen LogP contribution < -0.4 is 0 Å². The number of aliphatic carboxylic acids is 1. The molecular formula is C16H23NO3S. The number of aryl methyl sites for hydroxylation is 1. The van der Waals surface area contributed by atoms with Crippen LogP contribution in [-0.4, -0.2) is 35.0 Å². The highest BCUT2D eigenvalue weighted by Gasteiger charge is 2.43. The molecule has 1 atom stereocenters. The summed E-state index contributed by atoms with van der Waals surface area (Å²) in [6, 6.07) is 3.85. The number of rotatable bonds is 5. The van der Waals surface area contributed by atoms with Crippen LogP contribution in [0.4, 0.5) is 0 Å². The molecule has 21 heavy (non-hydrogen) atoms. The van der Waals surface area contributed by atoms with Crippen LogP contribution in [0.2, 0.25) is 0 Å². The van der Waals surface area contributed by atoms with E-state index >= 15 is 0 Å². The highest BCUT2D eigenvalue weighted by atomic mass is 32.1. The molecule has 0 spiro atoms. The summed E-state index contributed by atoms with van der Waals surface area (Å²) in [5, 5.41) is 9.60. The molecule has 116 valence electrons. The van der Waals surface area contributed by atoms with Gasteiger partial charge in [-0.25, -0.2) is 0 Å². The minimum Gasteiger partial charge on any atom is -0.481 e. The zero-order valence-corrected chi connectivity index (χ0v) is 13.5. The molecule has 2 heterocycles. The van der Waals surface area contributed by atoms with E-state index in [-0.39, 0.29) is 5.91 Å². The Morgan fingerprint density at radius 3 is 2.71 bits per heavy atom. The van der Waals surface area contributed by atoms with Gasteiger partial charge in [-0.3, -0.25) is 9.59 Å². The summed E-state index contributed by atoms with van der Waals surface area (Å²) < 4.78 is 0. The third kappa shape index (κ3) is 3.28. The maximum atomic E-state index is 12.6. The lowest BCUT2D eigenvalue weighted by Gasteiger charge is -2.39. The molecule has 0 saturated carbocycles. The Balaban J connectivity index is 2.16. The molecule has 1 aliphatic rings. The number of carbonyl (C=O) groups excluding carboxylic acids is 1. The van der Waals surface area contributed by atoms with E-state index in [1.807, 2.05) is 19.1 Å². The molecule has 4 nitrogen and oxygen atoms in total. The molecule has 1 aliphatic heterocycles. The van der Waals surface area contributed by atoms with Crippen LogP contribution in [0, 0.1) is 5.41 Å². The smallest absolute Gasteiger partial charge is 0.311 e. The normalized spacial score (nSPS) is 22.3. The predicted octanol–water partition coefficient (Wildman–Crippen LogP) is 3.42. The van der Waals surface area contributed by atoms with Crippen LogP contribution in [0.25, 0.3) is 0 Å². The highest BCUT2D eigenvalue weighted by Crippen LogP contribution is 2.36. The average molecular weight is 309 g/mol. The number of hydrogen-bond donors (Lipinski definition) is 1. The summed E-state index contributed by atoms with van der Waals surface area (Å²) in [6.07, 6.45) is 3.82. The van der Waals surface area contributed by atoms with E-state index in [4.69, 9.17) is 0 Å². The van der Waals surface area contributed by atoms with Crippen LogP contribution in [0.3, 0.4) is 0 Å². The molecule has 1 amide bonds. The van der Waals surface area contributed by atoms with Crippen molar-refractivity contribution in [3.8, 4) is 0 Å². The van der Waals surface area contributed by atoms with Gasteiger partial charge < -0.3 is 10.0 Å². The lowest BCUT2D eigenvalue weighted by molar-refractivity contribution is -0.152. The third-order valence-electron chi connectivity index (χ3n) is 4.27. The topological polar surface area (TPSA) is 57.6 Å². The molecular weight excluding hydrogens is 286 g/mol. The van der Waals surface area contributed by atoms with Crippen molar-refractivity contribution in [3.05, 3.63) is 21.9 Å². The number of nitrogens with zero attached hydrogens (tertiary/aromatic N) is 1. The maximum absolute atomic E-state index is 12.6. The van der Waals surface area contributed by atoms with E-state index in [1.165, 1.54) is 16.2 Å². The first-order valence-corrected chi connectivity index (χ1v) is 8.45. The number of likely N-dealkylation sites (tertiary alicyclic amines) is 1. The third-order valence-corrected chi connectivity index (χ3v) is 5.48. The number of carboxylic acid groups (broad SMARTS) is 1. The molecule has 0 aliphatic carbocycles. The number of hydrogen-bond acceptors (Lipinski definition) is 3. The Morgan fingerprint density at radius 2 is 2.14 bits per heavy atom. The minimum atomic E-state index is -0.762. The van der Waals surface area contributed by atoms with E-state index in [9.17, 15) is 14.7 Å². The van der Waals surface area contributed by atoms with Gasteiger partial charge in [0.15, 0.2) is 0 Å². The first-order valence-electron chi connectivity index (χ1n) is 7.64. The molecule has 1 N–H and O–H groups in total. The zero-order chi connectivity index (χ0) is 15.5. The van der Waals surface area contributed by atoms with Crippen LogP contribution in [-0.2, 0) is 11.2 Å². The van der Waals surface area contributed by atoms with Crippen LogP contribution >= 0.6 is 11.3 Å². The second kappa shape index (κ2) is 6.60. The molecule has 1 aromatic heterocycles. The second-order valence-electron chi connectivity index (χ2n) is 5.79. The van der Waals surface area contributed by atoms with Crippen molar-refractivity contribution in [1.82, 2.24) is 4.90 Å². The molecule has 0 bridgehead atoms. The molecule has 0 radical (unpaired) electrons. The van der Waals surface area contributed by atoms with Gasteiger partial charge in [-0.2, -0.15) is 0 Å². The SMILES string of the molecule is CCCC1(C(=O)O)CCCN(C(=O)c2ccc(CC)s2)C1. The van der Waals surface area contributed by atoms with Crippen LogP contribution in [0.5, 0.6) is 0 Å². The van der Waals surface area contributed by atoms with Crippen molar-refractivity contribution >= 4 is 23.2 Å². The molecule has 1 unspecified atom stereocenters. The monoisotopic (exact) mass is 309 g/mol. The van der Waals surface area contributed by atoms with Gasteiger partial charge in [0.05, 0.1) is 10.3 Å². The van der Waals surface area contributed by atoms with Gasteiger partial charge in [0.2, 0.25) is 0 Å². The van der Waals surface area contributed by atoms with Crippen molar-refractivity contribution in [3.63, 3.8) is 0 Å². The number of amides is 1. The summed E-state index contributed by atoms with van der Waals surface area (Å²) in [5.74, 6) is -0.775.